The monoisotopic (exact) mass is 594 g/mol. The fourth-order valence-corrected chi connectivity index (χ4v) is 4.76. The number of carboxylic acids is 2. The molecule has 2 amide bonds. The largest absolute Gasteiger partial charge is 1.00 e. The van der Waals surface area contributed by atoms with Gasteiger partial charge in [-0.1, -0.05) is 35.6 Å². The Morgan fingerprint density at radius 1 is 0.925 bits per heavy atom. The van der Waals surface area contributed by atoms with Gasteiger partial charge in [-0.15, -0.1) is 0 Å². The van der Waals surface area contributed by atoms with Crippen LogP contribution < -0.4 is 80.4 Å². The van der Waals surface area contributed by atoms with E-state index in [1.807, 2.05) is 35.2 Å². The van der Waals surface area contributed by atoms with Crippen molar-refractivity contribution in [1.29, 1.82) is 0 Å². The number of carboxylic acid groups (broad SMARTS) is 2. The Kier molecular flexibility index (Phi) is 26.5. The summed E-state index contributed by atoms with van der Waals surface area (Å²) in [5, 5.41) is 37.0. The molecule has 0 aliphatic carbocycles. The van der Waals surface area contributed by atoms with Crippen molar-refractivity contribution < 1.29 is 103 Å². The van der Waals surface area contributed by atoms with Crippen LogP contribution in [0.4, 0.5) is 0 Å². The predicted molar refractivity (Wildman–Crippen MR) is 145 cm³/mol. The number of primary amides is 1. The number of quaternary nitrogens is 2. The molecule has 0 bridgehead atoms. The number of nitrogens with two attached hydrogens (primary N) is 1. The van der Waals surface area contributed by atoms with Gasteiger partial charge in [0.05, 0.1) is 41.8 Å². The second kappa shape index (κ2) is 21.4. The van der Waals surface area contributed by atoms with Gasteiger partial charge < -0.3 is 44.9 Å². The van der Waals surface area contributed by atoms with E-state index in [-0.39, 0.29) is 93.2 Å². The number of aliphatic hydroxyl groups is 1. The van der Waals surface area contributed by atoms with Crippen molar-refractivity contribution in [1.82, 2.24) is 5.32 Å². The maximum atomic E-state index is 13.1. The van der Waals surface area contributed by atoms with E-state index in [0.29, 0.717) is 41.6 Å². The Hall–Kier alpha value is -0.240. The first-order valence-electron chi connectivity index (χ1n) is 12.6. The molecule has 11 nitrogen and oxygen atoms in total. The summed E-state index contributed by atoms with van der Waals surface area (Å²) in [6, 6.07) is 0. The van der Waals surface area contributed by atoms with Gasteiger partial charge in [-0.3, -0.25) is 9.59 Å². The van der Waals surface area contributed by atoms with E-state index in [4.69, 9.17) is 5.73 Å². The summed E-state index contributed by atoms with van der Waals surface area (Å²) in [6.07, 6.45) is 0.0852. The summed E-state index contributed by atoms with van der Waals surface area (Å²) >= 11 is 0. The van der Waals surface area contributed by atoms with Gasteiger partial charge in [-0.2, -0.15) is 0 Å². The topological polar surface area (TPSA) is 173 Å². The van der Waals surface area contributed by atoms with Gasteiger partial charge in [0.15, 0.2) is 6.10 Å². The van der Waals surface area contributed by atoms with Crippen molar-refractivity contribution in [2.75, 3.05) is 61.4 Å². The standard InChI is InChI=1S/C25H48N4O7.2CH4.2Na/c1-9-18(21(26)31)20(23(34)35)19(22(32)33)14-25(3,10-2)24(36)27-12-11-13-29(7,8)16-17(30)15-28(4,5)6;;;;/h17-20,30H,9-16H2,1-8H3,(H3-2,26,27,31,32,33,34,35,36);2*1H4;;/q;;;2*+1. The van der Waals surface area contributed by atoms with E-state index in [2.05, 4.69) is 5.32 Å². The van der Waals surface area contributed by atoms with Crippen LogP contribution >= 0.6 is 0 Å². The number of carbonyl (C=O) groups excluding carboxylic acids is 4. The second-order valence-electron chi connectivity index (χ2n) is 11.9. The van der Waals surface area contributed by atoms with Crippen LogP contribution in [0.5, 0.6) is 0 Å². The molecular formula is C27H56N4Na2O7+2. The predicted octanol–water partition coefficient (Wildman–Crippen LogP) is -7.03. The molecule has 0 rings (SSSR count). The number of amides is 2. The normalized spacial score (nSPS) is 15.6. The van der Waals surface area contributed by atoms with Crippen molar-refractivity contribution in [3.8, 4) is 0 Å². The number of hydrogen-bond donors (Lipinski definition) is 3. The van der Waals surface area contributed by atoms with Gasteiger partial charge >= 0.3 is 59.1 Å². The zero-order valence-electron chi connectivity index (χ0n) is 25.3. The molecule has 0 spiro atoms. The first kappa shape index (κ1) is 49.4. The molecule has 0 aliphatic rings. The fourth-order valence-electron chi connectivity index (χ4n) is 4.76. The number of likely N-dealkylation sites (N-methyl/N-ethyl adjacent to an activating group) is 2. The third-order valence-corrected chi connectivity index (χ3v) is 6.94. The van der Waals surface area contributed by atoms with Crippen LogP contribution in [0.3, 0.4) is 0 Å². The van der Waals surface area contributed by atoms with E-state index >= 15 is 0 Å². The van der Waals surface area contributed by atoms with Gasteiger partial charge in [0.1, 0.15) is 13.1 Å². The molecule has 0 saturated heterocycles. The molecule has 0 fully saturated rings. The maximum absolute atomic E-state index is 13.1. The molecule has 226 valence electrons. The molecule has 5 atom stereocenters. The summed E-state index contributed by atoms with van der Waals surface area (Å²) in [5.74, 6) is -9.30. The molecule has 4 N–H and O–H groups in total. The summed E-state index contributed by atoms with van der Waals surface area (Å²) in [4.78, 5) is 48.6. The SMILES string of the molecule is C.C.CCC(C(N)=O)C(C(=O)[O-])C(CC(C)(CC)C(=O)NCCC[N+](C)(C)CC(O)C[N+](C)(C)C)C(=O)[O-].[Na+].[Na+]. The van der Waals surface area contributed by atoms with Crippen molar-refractivity contribution >= 4 is 23.8 Å². The molecule has 0 aliphatic heterocycles. The molecule has 5 unspecified atom stereocenters. The minimum absolute atomic E-state index is 0. The number of hydrogen-bond acceptors (Lipinski definition) is 7. The van der Waals surface area contributed by atoms with Crippen molar-refractivity contribution in [3.05, 3.63) is 0 Å². The van der Waals surface area contributed by atoms with Crippen LogP contribution in [-0.2, 0) is 19.2 Å². The Balaban J connectivity index is -0.00000102. The van der Waals surface area contributed by atoms with Crippen LogP contribution in [0, 0.1) is 23.2 Å². The van der Waals surface area contributed by atoms with Gasteiger partial charge in [0.2, 0.25) is 11.8 Å². The molecule has 0 aromatic heterocycles. The van der Waals surface area contributed by atoms with E-state index < -0.39 is 53.0 Å². The Morgan fingerprint density at radius 2 is 1.43 bits per heavy atom. The minimum Gasteiger partial charge on any atom is -0.550 e. The molecule has 0 radical (unpaired) electrons. The number of nitrogens with zero attached hydrogens (tertiary/aromatic N) is 2. The number of nitrogens with one attached hydrogen (secondary N) is 1. The van der Waals surface area contributed by atoms with Gasteiger partial charge in [-0.25, -0.2) is 0 Å². The van der Waals surface area contributed by atoms with Gasteiger partial charge in [0.25, 0.3) is 0 Å². The summed E-state index contributed by atoms with van der Waals surface area (Å²) in [6.45, 7) is 7.02. The molecular weight excluding hydrogens is 538 g/mol. The van der Waals surface area contributed by atoms with Crippen LogP contribution in [-0.4, -0.2) is 105 Å². The van der Waals surface area contributed by atoms with Crippen LogP contribution in [0.2, 0.25) is 0 Å². The summed E-state index contributed by atoms with van der Waals surface area (Å²) in [5.41, 5.74) is 4.11. The second-order valence-corrected chi connectivity index (χ2v) is 11.9. The first-order valence-corrected chi connectivity index (χ1v) is 12.6. The number of aliphatic carboxylic acids is 2. The van der Waals surface area contributed by atoms with Crippen LogP contribution in [0.15, 0.2) is 0 Å². The van der Waals surface area contributed by atoms with E-state index in [0.717, 1.165) is 0 Å². The summed E-state index contributed by atoms with van der Waals surface area (Å²) < 4.78 is 1.21. The molecule has 0 aromatic carbocycles. The van der Waals surface area contributed by atoms with Crippen molar-refractivity contribution in [3.63, 3.8) is 0 Å². The summed E-state index contributed by atoms with van der Waals surface area (Å²) in [7, 11) is 10.0. The first-order chi connectivity index (χ1) is 16.3. The Labute approximate surface area is 287 Å². The smallest absolute Gasteiger partial charge is 0.550 e. The quantitative estimate of drug-likeness (QED) is 0.0804. The van der Waals surface area contributed by atoms with Gasteiger partial charge in [0, 0.05) is 48.1 Å². The molecule has 0 saturated carbocycles. The molecule has 0 aromatic rings. The Bertz CT molecular complexity index is 778. The minimum atomic E-state index is -1.71. The zero-order valence-corrected chi connectivity index (χ0v) is 29.3. The number of aliphatic hydroxyl groups excluding tert-OH is 1. The van der Waals surface area contributed by atoms with E-state index in [9.17, 15) is 34.5 Å². The average Bonchev–Trinajstić information content (AvgIpc) is 2.70. The van der Waals surface area contributed by atoms with E-state index in [1.165, 1.54) is 6.92 Å². The third-order valence-electron chi connectivity index (χ3n) is 6.94. The van der Waals surface area contributed by atoms with Crippen LogP contribution in [0.1, 0.15) is 61.3 Å². The molecule has 13 heteroatoms. The molecule has 0 heterocycles. The maximum Gasteiger partial charge on any atom is 1.00 e. The van der Waals surface area contributed by atoms with Crippen molar-refractivity contribution in [2.45, 2.75) is 67.4 Å². The Morgan fingerprint density at radius 3 is 1.77 bits per heavy atom. The van der Waals surface area contributed by atoms with E-state index in [1.54, 1.807) is 13.8 Å². The third kappa shape index (κ3) is 17.7. The van der Waals surface area contributed by atoms with Crippen LogP contribution in [0.25, 0.3) is 0 Å². The molecule has 40 heavy (non-hydrogen) atoms. The van der Waals surface area contributed by atoms with Crippen molar-refractivity contribution in [2.24, 2.45) is 28.9 Å². The van der Waals surface area contributed by atoms with Gasteiger partial charge in [-0.05, 0) is 19.3 Å². The zero-order chi connectivity index (χ0) is 28.5. The number of carbonyl (C=O) groups is 4. The fraction of sp³-hybridized carbons (Fsp3) is 0.852. The average molecular weight is 595 g/mol. The number of rotatable bonds is 18.